The Morgan fingerprint density at radius 1 is 1.18 bits per heavy atom. The lowest BCUT2D eigenvalue weighted by Crippen LogP contribution is -2.39. The normalized spacial score (nSPS) is 14.0. The monoisotopic (exact) mass is 305 g/mol. The second kappa shape index (κ2) is 8.18. The Labute approximate surface area is 133 Å². The number of aryl methyl sites for hydroxylation is 2. The van der Waals surface area contributed by atoms with Gasteiger partial charge in [-0.3, -0.25) is 4.79 Å². The fourth-order valence-corrected chi connectivity index (χ4v) is 2.95. The summed E-state index contributed by atoms with van der Waals surface area (Å²) in [6.07, 6.45) is 5.16. The molecule has 2 rings (SSSR count). The molecule has 0 atom stereocenters. The highest BCUT2D eigenvalue weighted by Gasteiger charge is 2.26. The van der Waals surface area contributed by atoms with Gasteiger partial charge in [0.15, 0.2) is 6.61 Å². The van der Waals surface area contributed by atoms with E-state index in [1.807, 2.05) is 4.90 Å². The van der Waals surface area contributed by atoms with Crippen molar-refractivity contribution in [2.75, 3.05) is 31.8 Å². The summed E-state index contributed by atoms with van der Waals surface area (Å²) in [5, 5.41) is 0. The van der Waals surface area contributed by atoms with Crippen molar-refractivity contribution < 1.29 is 14.3 Å². The van der Waals surface area contributed by atoms with Crippen LogP contribution >= 0.6 is 0 Å². The second-order valence-electron chi connectivity index (χ2n) is 5.77. The molecule has 4 nitrogen and oxygen atoms in total. The van der Waals surface area contributed by atoms with Crippen LogP contribution in [0.5, 0.6) is 5.75 Å². The summed E-state index contributed by atoms with van der Waals surface area (Å²) in [7, 11) is 1.69. The Hall–Kier alpha value is -1.55. The molecule has 0 aromatic heterocycles. The standard InChI is InChI=1S/C18H27NO3/c1-4-7-14-11-16-17(12-15(14)8-5-2)22-13-18(20)19(16)9-6-10-21-3/h11-12H,4-10,13H2,1-3H3. The molecule has 4 heteroatoms. The molecule has 1 aliphatic rings. The first-order valence-corrected chi connectivity index (χ1v) is 8.29. The number of anilines is 1. The quantitative estimate of drug-likeness (QED) is 0.691. The number of benzene rings is 1. The summed E-state index contributed by atoms with van der Waals surface area (Å²) in [6.45, 7) is 5.86. The molecule has 0 spiro atoms. The lowest BCUT2D eigenvalue weighted by Gasteiger charge is -2.30. The van der Waals surface area contributed by atoms with Gasteiger partial charge in [-0.2, -0.15) is 0 Å². The number of hydrogen-bond donors (Lipinski definition) is 0. The van der Waals surface area contributed by atoms with Gasteiger partial charge in [0.05, 0.1) is 5.69 Å². The number of carbonyl (C=O) groups excluding carboxylic acids is 1. The zero-order chi connectivity index (χ0) is 15.9. The van der Waals surface area contributed by atoms with Crippen molar-refractivity contribution in [1.82, 2.24) is 0 Å². The highest BCUT2D eigenvalue weighted by Crippen LogP contribution is 2.36. The van der Waals surface area contributed by atoms with Gasteiger partial charge in [-0.05, 0) is 42.5 Å². The fraction of sp³-hybridized carbons (Fsp3) is 0.611. The van der Waals surface area contributed by atoms with Crippen LogP contribution in [0.25, 0.3) is 0 Å². The van der Waals surface area contributed by atoms with Crippen LogP contribution in [0.1, 0.15) is 44.2 Å². The summed E-state index contributed by atoms with van der Waals surface area (Å²) >= 11 is 0. The molecule has 0 saturated heterocycles. The van der Waals surface area contributed by atoms with E-state index in [1.54, 1.807) is 7.11 Å². The number of amides is 1. The lowest BCUT2D eigenvalue weighted by molar-refractivity contribution is -0.121. The third kappa shape index (κ3) is 3.80. The molecule has 0 N–H and O–H groups in total. The van der Waals surface area contributed by atoms with Gasteiger partial charge in [0.1, 0.15) is 5.75 Å². The molecule has 22 heavy (non-hydrogen) atoms. The predicted octanol–water partition coefficient (Wildman–Crippen LogP) is 3.35. The van der Waals surface area contributed by atoms with Gasteiger partial charge in [0, 0.05) is 20.3 Å². The number of fused-ring (bicyclic) bond motifs is 1. The third-order valence-electron chi connectivity index (χ3n) is 3.99. The molecule has 1 aromatic rings. The van der Waals surface area contributed by atoms with Crippen LogP contribution in [0.3, 0.4) is 0 Å². The maximum absolute atomic E-state index is 12.2. The maximum Gasteiger partial charge on any atom is 0.265 e. The molecular formula is C18H27NO3. The smallest absolute Gasteiger partial charge is 0.265 e. The molecule has 0 fully saturated rings. The van der Waals surface area contributed by atoms with Crippen LogP contribution in [0.15, 0.2) is 12.1 Å². The highest BCUT2D eigenvalue weighted by molar-refractivity contribution is 5.98. The van der Waals surface area contributed by atoms with E-state index >= 15 is 0 Å². The summed E-state index contributed by atoms with van der Waals surface area (Å²) in [5.41, 5.74) is 3.63. The van der Waals surface area contributed by atoms with Crippen LogP contribution < -0.4 is 9.64 Å². The van der Waals surface area contributed by atoms with E-state index in [-0.39, 0.29) is 12.5 Å². The van der Waals surface area contributed by atoms with Crippen molar-refractivity contribution in [3.8, 4) is 5.75 Å². The Balaban J connectivity index is 2.31. The Bertz CT molecular complexity index is 513. The van der Waals surface area contributed by atoms with Gasteiger partial charge < -0.3 is 14.4 Å². The molecular weight excluding hydrogens is 278 g/mol. The SMILES string of the molecule is CCCc1cc2c(cc1CCC)N(CCCOC)C(=O)CO2. The summed E-state index contributed by atoms with van der Waals surface area (Å²) < 4.78 is 10.8. The zero-order valence-electron chi connectivity index (χ0n) is 14.0. The molecule has 1 amide bonds. The number of rotatable bonds is 8. The minimum Gasteiger partial charge on any atom is -0.482 e. The van der Waals surface area contributed by atoms with Crippen LogP contribution in [-0.2, 0) is 22.4 Å². The molecule has 0 unspecified atom stereocenters. The van der Waals surface area contributed by atoms with Crippen molar-refractivity contribution in [2.45, 2.75) is 46.0 Å². The first-order chi connectivity index (χ1) is 10.7. The van der Waals surface area contributed by atoms with Gasteiger partial charge in [0.2, 0.25) is 0 Å². The summed E-state index contributed by atoms with van der Waals surface area (Å²) in [6, 6.07) is 4.30. The maximum atomic E-state index is 12.2. The Morgan fingerprint density at radius 2 is 1.86 bits per heavy atom. The van der Waals surface area contributed by atoms with Crippen LogP contribution in [0.2, 0.25) is 0 Å². The topological polar surface area (TPSA) is 38.8 Å². The van der Waals surface area contributed by atoms with E-state index in [1.165, 1.54) is 11.1 Å². The molecule has 0 saturated carbocycles. The first kappa shape index (κ1) is 16.8. The van der Waals surface area contributed by atoms with Crippen LogP contribution in [0, 0.1) is 0 Å². The average Bonchev–Trinajstić information content (AvgIpc) is 2.51. The molecule has 1 aromatic carbocycles. The van der Waals surface area contributed by atoms with Crippen LogP contribution in [0.4, 0.5) is 5.69 Å². The van der Waals surface area contributed by atoms with Crippen molar-refractivity contribution >= 4 is 11.6 Å². The second-order valence-corrected chi connectivity index (χ2v) is 5.77. The number of methoxy groups -OCH3 is 1. The minimum absolute atomic E-state index is 0.0364. The zero-order valence-corrected chi connectivity index (χ0v) is 14.0. The van der Waals surface area contributed by atoms with Crippen molar-refractivity contribution in [1.29, 1.82) is 0 Å². The Morgan fingerprint density at radius 3 is 2.50 bits per heavy atom. The van der Waals surface area contributed by atoms with Crippen molar-refractivity contribution in [2.24, 2.45) is 0 Å². The molecule has 0 radical (unpaired) electrons. The summed E-state index contributed by atoms with van der Waals surface area (Å²) in [4.78, 5) is 14.0. The Kier molecular flexibility index (Phi) is 6.25. The van der Waals surface area contributed by atoms with E-state index in [0.717, 1.165) is 43.5 Å². The van der Waals surface area contributed by atoms with Gasteiger partial charge in [-0.1, -0.05) is 26.7 Å². The largest absolute Gasteiger partial charge is 0.482 e. The highest BCUT2D eigenvalue weighted by atomic mass is 16.5. The van der Waals surface area contributed by atoms with Gasteiger partial charge >= 0.3 is 0 Å². The fourth-order valence-electron chi connectivity index (χ4n) is 2.95. The molecule has 0 bridgehead atoms. The van der Waals surface area contributed by atoms with E-state index < -0.39 is 0 Å². The van der Waals surface area contributed by atoms with Gasteiger partial charge in [-0.15, -0.1) is 0 Å². The van der Waals surface area contributed by atoms with Crippen LogP contribution in [-0.4, -0.2) is 32.8 Å². The van der Waals surface area contributed by atoms with E-state index in [9.17, 15) is 4.79 Å². The molecule has 122 valence electrons. The van der Waals surface area contributed by atoms with Crippen molar-refractivity contribution in [3.63, 3.8) is 0 Å². The lowest BCUT2D eigenvalue weighted by atomic mass is 9.97. The predicted molar refractivity (Wildman–Crippen MR) is 88.8 cm³/mol. The van der Waals surface area contributed by atoms with Gasteiger partial charge in [0.25, 0.3) is 5.91 Å². The molecule has 1 heterocycles. The summed E-state index contributed by atoms with van der Waals surface area (Å²) in [5.74, 6) is 0.884. The minimum atomic E-state index is 0.0364. The average molecular weight is 305 g/mol. The number of nitrogens with zero attached hydrogens (tertiary/aromatic N) is 1. The third-order valence-corrected chi connectivity index (χ3v) is 3.99. The van der Waals surface area contributed by atoms with Gasteiger partial charge in [-0.25, -0.2) is 0 Å². The molecule has 1 aliphatic heterocycles. The van der Waals surface area contributed by atoms with E-state index in [0.29, 0.717) is 13.2 Å². The van der Waals surface area contributed by atoms with E-state index in [4.69, 9.17) is 9.47 Å². The van der Waals surface area contributed by atoms with Crippen molar-refractivity contribution in [3.05, 3.63) is 23.3 Å². The number of hydrogen-bond acceptors (Lipinski definition) is 3. The molecule has 0 aliphatic carbocycles. The van der Waals surface area contributed by atoms with E-state index in [2.05, 4.69) is 26.0 Å². The number of ether oxygens (including phenoxy) is 2. The first-order valence-electron chi connectivity index (χ1n) is 8.29. The number of carbonyl (C=O) groups is 1.